The zero-order chi connectivity index (χ0) is 10.1. The van der Waals surface area contributed by atoms with Crippen molar-refractivity contribution in [1.29, 1.82) is 5.26 Å². The zero-order valence-electron chi connectivity index (χ0n) is 7.64. The molecular formula is C10H10BNO2. The Morgan fingerprint density at radius 1 is 1.36 bits per heavy atom. The second-order valence-electron chi connectivity index (χ2n) is 3.57. The fourth-order valence-corrected chi connectivity index (χ4v) is 1.72. The van der Waals surface area contributed by atoms with Gasteiger partial charge >= 0.3 is 7.12 Å². The highest BCUT2D eigenvalue weighted by atomic mass is 16.4. The minimum Gasteiger partial charge on any atom is -0.423 e. The van der Waals surface area contributed by atoms with E-state index in [2.05, 4.69) is 0 Å². The van der Waals surface area contributed by atoms with Crippen LogP contribution in [0.25, 0.3) is 0 Å². The van der Waals surface area contributed by atoms with Crippen LogP contribution in [0.2, 0.25) is 0 Å². The van der Waals surface area contributed by atoms with Gasteiger partial charge in [0.25, 0.3) is 0 Å². The van der Waals surface area contributed by atoms with Gasteiger partial charge in [-0.05, 0) is 30.4 Å². The second kappa shape index (κ2) is 3.45. The number of rotatable bonds is 2. The van der Waals surface area contributed by atoms with E-state index in [1.54, 1.807) is 12.1 Å². The summed E-state index contributed by atoms with van der Waals surface area (Å²) in [5, 5.41) is 27.2. The zero-order valence-corrected chi connectivity index (χ0v) is 7.64. The van der Waals surface area contributed by atoms with Crippen LogP contribution in [0.5, 0.6) is 0 Å². The minimum absolute atomic E-state index is 0.365. The number of nitriles is 1. The lowest BCUT2D eigenvalue weighted by atomic mass is 9.73. The summed E-state index contributed by atoms with van der Waals surface area (Å²) >= 11 is 0. The standard InChI is InChI=1S/C10H10BNO2/c12-6-8-2-1-3-9(7-4-5-7)10(8)11(13)14/h1-3,7,13-14H,4-5H2. The highest BCUT2D eigenvalue weighted by Gasteiger charge is 2.30. The Hall–Kier alpha value is -1.31. The lowest BCUT2D eigenvalue weighted by Gasteiger charge is -2.08. The van der Waals surface area contributed by atoms with Crippen molar-refractivity contribution in [2.75, 3.05) is 0 Å². The number of hydrogen-bond donors (Lipinski definition) is 2. The summed E-state index contributed by atoms with van der Waals surface area (Å²) in [4.78, 5) is 0. The molecule has 1 fully saturated rings. The summed E-state index contributed by atoms with van der Waals surface area (Å²) in [6.45, 7) is 0. The van der Waals surface area contributed by atoms with E-state index < -0.39 is 7.12 Å². The molecule has 0 atom stereocenters. The van der Waals surface area contributed by atoms with Gasteiger partial charge < -0.3 is 10.0 Å². The largest absolute Gasteiger partial charge is 0.490 e. The van der Waals surface area contributed by atoms with E-state index >= 15 is 0 Å². The van der Waals surface area contributed by atoms with Crippen molar-refractivity contribution in [3.63, 3.8) is 0 Å². The minimum atomic E-state index is -1.54. The molecule has 1 aliphatic rings. The van der Waals surface area contributed by atoms with Crippen molar-refractivity contribution in [1.82, 2.24) is 0 Å². The Kier molecular flexibility index (Phi) is 2.28. The molecule has 14 heavy (non-hydrogen) atoms. The van der Waals surface area contributed by atoms with Gasteiger partial charge in [-0.2, -0.15) is 5.26 Å². The molecule has 3 nitrogen and oxygen atoms in total. The average molecular weight is 187 g/mol. The van der Waals surface area contributed by atoms with Gasteiger partial charge in [-0.25, -0.2) is 0 Å². The molecule has 0 saturated heterocycles. The summed E-state index contributed by atoms with van der Waals surface area (Å²) < 4.78 is 0. The first-order valence-electron chi connectivity index (χ1n) is 4.63. The summed E-state index contributed by atoms with van der Waals surface area (Å²) in [5.74, 6) is 0.417. The molecule has 0 heterocycles. The average Bonchev–Trinajstić information content (AvgIpc) is 2.99. The van der Waals surface area contributed by atoms with Crippen LogP contribution >= 0.6 is 0 Å². The molecule has 1 aliphatic carbocycles. The third kappa shape index (κ3) is 1.52. The molecule has 0 aromatic heterocycles. The quantitative estimate of drug-likeness (QED) is 0.646. The topological polar surface area (TPSA) is 64.2 Å². The molecule has 1 aromatic rings. The molecule has 0 radical (unpaired) electrons. The fourth-order valence-electron chi connectivity index (χ4n) is 1.72. The molecule has 1 saturated carbocycles. The fraction of sp³-hybridized carbons (Fsp3) is 0.300. The smallest absolute Gasteiger partial charge is 0.423 e. The number of benzene rings is 1. The van der Waals surface area contributed by atoms with E-state index in [-0.39, 0.29) is 0 Å². The normalized spacial score (nSPS) is 14.9. The van der Waals surface area contributed by atoms with Crippen LogP contribution in [-0.2, 0) is 0 Å². The maximum atomic E-state index is 9.20. The van der Waals surface area contributed by atoms with Gasteiger partial charge in [0.15, 0.2) is 0 Å². The first-order chi connectivity index (χ1) is 6.74. The Morgan fingerprint density at radius 2 is 2.07 bits per heavy atom. The third-order valence-electron chi connectivity index (χ3n) is 2.54. The molecule has 4 heteroatoms. The predicted molar refractivity (Wildman–Crippen MR) is 53.0 cm³/mol. The maximum absolute atomic E-state index is 9.20. The molecule has 1 aromatic carbocycles. The van der Waals surface area contributed by atoms with Crippen LogP contribution in [0, 0.1) is 11.3 Å². The van der Waals surface area contributed by atoms with E-state index in [9.17, 15) is 10.0 Å². The molecule has 2 rings (SSSR count). The number of nitrogens with zero attached hydrogens (tertiary/aromatic N) is 1. The van der Waals surface area contributed by atoms with Crippen LogP contribution in [0.4, 0.5) is 0 Å². The van der Waals surface area contributed by atoms with Crippen molar-refractivity contribution in [2.24, 2.45) is 0 Å². The van der Waals surface area contributed by atoms with Gasteiger partial charge in [0, 0.05) is 5.46 Å². The van der Waals surface area contributed by atoms with Gasteiger partial charge in [-0.1, -0.05) is 12.1 Å². The van der Waals surface area contributed by atoms with E-state index in [1.165, 1.54) is 0 Å². The molecule has 0 spiro atoms. The molecule has 0 amide bonds. The molecule has 2 N–H and O–H groups in total. The highest BCUT2D eigenvalue weighted by Crippen LogP contribution is 2.39. The van der Waals surface area contributed by atoms with Gasteiger partial charge in [-0.3, -0.25) is 0 Å². The van der Waals surface area contributed by atoms with Crippen molar-refractivity contribution >= 4 is 12.6 Å². The van der Waals surface area contributed by atoms with Crippen molar-refractivity contribution < 1.29 is 10.0 Å². The Labute approximate surface area is 82.8 Å². The monoisotopic (exact) mass is 187 g/mol. The predicted octanol–water partition coefficient (Wildman–Crippen LogP) is 0.115. The second-order valence-corrected chi connectivity index (χ2v) is 3.57. The van der Waals surface area contributed by atoms with Crippen LogP contribution in [0.15, 0.2) is 18.2 Å². The highest BCUT2D eigenvalue weighted by molar-refractivity contribution is 6.60. The third-order valence-corrected chi connectivity index (χ3v) is 2.54. The SMILES string of the molecule is N#Cc1cccc(C2CC2)c1B(O)O. The molecule has 0 bridgehead atoms. The molecule has 70 valence electrons. The molecule has 0 unspecified atom stereocenters. The number of hydrogen-bond acceptors (Lipinski definition) is 3. The first-order valence-corrected chi connectivity index (χ1v) is 4.63. The van der Waals surface area contributed by atoms with E-state index in [0.717, 1.165) is 18.4 Å². The lowest BCUT2D eigenvalue weighted by Crippen LogP contribution is -2.35. The lowest BCUT2D eigenvalue weighted by molar-refractivity contribution is 0.425. The Bertz CT molecular complexity index is 394. The van der Waals surface area contributed by atoms with E-state index in [4.69, 9.17) is 5.26 Å². The first kappa shape index (κ1) is 9.26. The summed E-state index contributed by atoms with van der Waals surface area (Å²) in [5.41, 5.74) is 1.67. The Morgan fingerprint density at radius 3 is 2.57 bits per heavy atom. The summed E-state index contributed by atoms with van der Waals surface area (Å²) in [6, 6.07) is 7.25. The molecule has 0 aliphatic heterocycles. The van der Waals surface area contributed by atoms with Crippen molar-refractivity contribution in [3.8, 4) is 6.07 Å². The van der Waals surface area contributed by atoms with Gasteiger partial charge in [0.1, 0.15) is 0 Å². The Balaban J connectivity index is 2.53. The van der Waals surface area contributed by atoms with E-state index in [0.29, 0.717) is 16.9 Å². The van der Waals surface area contributed by atoms with Crippen molar-refractivity contribution in [2.45, 2.75) is 18.8 Å². The van der Waals surface area contributed by atoms with Crippen LogP contribution in [0.1, 0.15) is 29.9 Å². The van der Waals surface area contributed by atoms with Gasteiger partial charge in [0.05, 0.1) is 11.6 Å². The van der Waals surface area contributed by atoms with Crippen molar-refractivity contribution in [3.05, 3.63) is 29.3 Å². The van der Waals surface area contributed by atoms with Crippen LogP contribution < -0.4 is 5.46 Å². The maximum Gasteiger partial charge on any atom is 0.490 e. The van der Waals surface area contributed by atoms with E-state index in [1.807, 2.05) is 12.1 Å². The van der Waals surface area contributed by atoms with Gasteiger partial charge in [-0.15, -0.1) is 0 Å². The van der Waals surface area contributed by atoms with Crippen LogP contribution in [-0.4, -0.2) is 17.2 Å². The van der Waals surface area contributed by atoms with Gasteiger partial charge in [0.2, 0.25) is 0 Å². The summed E-state index contributed by atoms with van der Waals surface area (Å²) in [7, 11) is -1.54. The molecular weight excluding hydrogens is 177 g/mol. The summed E-state index contributed by atoms with van der Waals surface area (Å²) in [6.07, 6.45) is 2.16. The van der Waals surface area contributed by atoms with Crippen LogP contribution in [0.3, 0.4) is 0 Å².